The maximum Gasteiger partial charge on any atom is 0.276 e. The van der Waals surface area contributed by atoms with E-state index in [1.165, 1.54) is 20.3 Å². The highest BCUT2D eigenvalue weighted by Crippen LogP contribution is 2.29. The minimum absolute atomic E-state index is 0.229. The quantitative estimate of drug-likeness (QED) is 0.631. The normalized spacial score (nSPS) is 10.4. The molecule has 0 heterocycles. The number of nitrogens with one attached hydrogen (secondary N) is 2. The molecule has 0 aliphatic heterocycles. The van der Waals surface area contributed by atoms with Gasteiger partial charge in [-0.05, 0) is 47.9 Å². The maximum absolute atomic E-state index is 12.2. The number of benzene rings is 2. The van der Waals surface area contributed by atoms with Crippen LogP contribution in [0.1, 0.15) is 35.7 Å². The highest BCUT2D eigenvalue weighted by atomic mass is 79.9. The molecular formula is C20H23BrN2O5. The van der Waals surface area contributed by atoms with Crippen molar-refractivity contribution in [3.63, 3.8) is 0 Å². The minimum Gasteiger partial charge on any atom is -0.493 e. The van der Waals surface area contributed by atoms with E-state index in [4.69, 9.17) is 14.2 Å². The average Bonchev–Trinajstić information content (AvgIpc) is 2.70. The van der Waals surface area contributed by atoms with E-state index < -0.39 is 11.8 Å². The molecule has 0 saturated carbocycles. The molecule has 8 heteroatoms. The number of methoxy groups -OCH3 is 2. The highest BCUT2D eigenvalue weighted by molar-refractivity contribution is 9.10. The predicted molar refractivity (Wildman–Crippen MR) is 109 cm³/mol. The summed E-state index contributed by atoms with van der Waals surface area (Å²) < 4.78 is 16.8. The Morgan fingerprint density at radius 1 is 0.964 bits per heavy atom. The number of hydrazine groups is 1. The lowest BCUT2D eigenvalue weighted by Gasteiger charge is -2.15. The van der Waals surface area contributed by atoms with Crippen molar-refractivity contribution in [3.8, 4) is 17.2 Å². The smallest absolute Gasteiger partial charge is 0.276 e. The van der Waals surface area contributed by atoms with Gasteiger partial charge in [-0.1, -0.05) is 29.8 Å². The molecule has 0 bridgehead atoms. The maximum atomic E-state index is 12.2. The van der Waals surface area contributed by atoms with Crippen LogP contribution in [0.5, 0.6) is 17.2 Å². The molecule has 0 aromatic heterocycles. The van der Waals surface area contributed by atoms with Crippen LogP contribution in [0.3, 0.4) is 0 Å². The number of hydrogen-bond donors (Lipinski definition) is 2. The molecule has 0 radical (unpaired) electrons. The van der Waals surface area contributed by atoms with E-state index in [1.54, 1.807) is 18.2 Å². The number of carbonyl (C=O) groups excluding carboxylic acids is 2. The molecule has 0 spiro atoms. The van der Waals surface area contributed by atoms with Crippen molar-refractivity contribution < 1.29 is 23.8 Å². The van der Waals surface area contributed by atoms with Crippen molar-refractivity contribution in [2.75, 3.05) is 20.8 Å². The van der Waals surface area contributed by atoms with Crippen molar-refractivity contribution in [1.29, 1.82) is 0 Å². The van der Waals surface area contributed by atoms with E-state index in [2.05, 4.69) is 26.8 Å². The number of hydrogen-bond acceptors (Lipinski definition) is 5. The van der Waals surface area contributed by atoms with Gasteiger partial charge in [0.1, 0.15) is 5.75 Å². The lowest BCUT2D eigenvalue weighted by Crippen LogP contribution is -2.43. The number of halogens is 1. The molecule has 2 rings (SSSR count). The Bertz CT molecular complexity index is 854. The Labute approximate surface area is 172 Å². The number of amides is 2. The summed E-state index contributed by atoms with van der Waals surface area (Å²) in [7, 11) is 2.99. The fraction of sp³-hybridized carbons (Fsp3) is 0.300. The molecule has 0 unspecified atom stereocenters. The van der Waals surface area contributed by atoms with Gasteiger partial charge in [0.15, 0.2) is 18.1 Å². The predicted octanol–water partition coefficient (Wildman–Crippen LogP) is 3.43. The molecule has 0 saturated heterocycles. The number of carbonyl (C=O) groups is 2. The van der Waals surface area contributed by atoms with Crippen LogP contribution in [0.15, 0.2) is 40.9 Å². The van der Waals surface area contributed by atoms with E-state index in [0.29, 0.717) is 22.8 Å². The SMILES string of the molecule is COc1ccc(C(=O)NNC(=O)COc2ccc(Br)cc2C(C)C)cc1OC. The van der Waals surface area contributed by atoms with Gasteiger partial charge in [-0.2, -0.15) is 0 Å². The fourth-order valence-corrected chi connectivity index (χ4v) is 2.84. The highest BCUT2D eigenvalue weighted by Gasteiger charge is 2.13. The summed E-state index contributed by atoms with van der Waals surface area (Å²) in [6, 6.07) is 10.3. The molecular weight excluding hydrogens is 428 g/mol. The molecule has 0 fully saturated rings. The summed E-state index contributed by atoms with van der Waals surface area (Å²) in [4.78, 5) is 24.2. The van der Waals surface area contributed by atoms with Gasteiger partial charge in [-0.3, -0.25) is 20.4 Å². The van der Waals surface area contributed by atoms with Gasteiger partial charge in [-0.15, -0.1) is 0 Å². The van der Waals surface area contributed by atoms with E-state index in [1.807, 2.05) is 26.0 Å². The molecule has 2 N–H and O–H groups in total. The topological polar surface area (TPSA) is 85.9 Å². The molecule has 2 aromatic carbocycles. The second-order valence-electron chi connectivity index (χ2n) is 6.20. The summed E-state index contributed by atoms with van der Waals surface area (Å²) >= 11 is 3.43. The van der Waals surface area contributed by atoms with Gasteiger partial charge >= 0.3 is 0 Å². The first kappa shape index (κ1) is 21.6. The fourth-order valence-electron chi connectivity index (χ4n) is 2.46. The van der Waals surface area contributed by atoms with Gasteiger partial charge < -0.3 is 14.2 Å². The third kappa shape index (κ3) is 5.63. The van der Waals surface area contributed by atoms with Crippen molar-refractivity contribution in [2.45, 2.75) is 19.8 Å². The zero-order valence-corrected chi connectivity index (χ0v) is 17.8. The first-order chi connectivity index (χ1) is 13.3. The van der Waals surface area contributed by atoms with Crippen molar-refractivity contribution >= 4 is 27.7 Å². The molecule has 0 atom stereocenters. The van der Waals surface area contributed by atoms with Gasteiger partial charge in [0.05, 0.1) is 14.2 Å². The number of rotatable bonds is 7. The van der Waals surface area contributed by atoms with Gasteiger partial charge in [-0.25, -0.2) is 0 Å². The van der Waals surface area contributed by atoms with E-state index in [-0.39, 0.29) is 12.5 Å². The lowest BCUT2D eigenvalue weighted by molar-refractivity contribution is -0.123. The van der Waals surface area contributed by atoms with Crippen LogP contribution >= 0.6 is 15.9 Å². The first-order valence-corrected chi connectivity index (χ1v) is 9.38. The summed E-state index contributed by atoms with van der Waals surface area (Å²) in [5, 5.41) is 0. The molecule has 2 amide bonds. The van der Waals surface area contributed by atoms with Crippen molar-refractivity contribution in [3.05, 3.63) is 52.0 Å². The van der Waals surface area contributed by atoms with Crippen LogP contribution in [-0.4, -0.2) is 32.6 Å². The van der Waals surface area contributed by atoms with Gasteiger partial charge in [0, 0.05) is 10.0 Å². The second kappa shape index (κ2) is 9.98. The van der Waals surface area contributed by atoms with Gasteiger partial charge in [0.25, 0.3) is 11.8 Å². The van der Waals surface area contributed by atoms with Crippen LogP contribution in [-0.2, 0) is 4.79 Å². The van der Waals surface area contributed by atoms with Gasteiger partial charge in [0.2, 0.25) is 0 Å². The molecule has 7 nitrogen and oxygen atoms in total. The largest absolute Gasteiger partial charge is 0.493 e. The Morgan fingerprint density at radius 3 is 2.29 bits per heavy atom. The van der Waals surface area contributed by atoms with Crippen LogP contribution in [0.4, 0.5) is 0 Å². The average molecular weight is 451 g/mol. The molecule has 150 valence electrons. The standard InChI is InChI=1S/C20H23BrN2O5/c1-12(2)15-10-14(21)6-8-16(15)28-11-19(24)22-23-20(25)13-5-7-17(26-3)18(9-13)27-4/h5-10,12H,11H2,1-4H3,(H,22,24)(H,23,25). The van der Waals surface area contributed by atoms with Crippen molar-refractivity contribution in [2.24, 2.45) is 0 Å². The number of ether oxygens (including phenoxy) is 3. The molecule has 2 aromatic rings. The van der Waals surface area contributed by atoms with Crippen LogP contribution in [0.25, 0.3) is 0 Å². The lowest BCUT2D eigenvalue weighted by atomic mass is 10.0. The Kier molecular flexibility index (Phi) is 7.69. The zero-order valence-electron chi connectivity index (χ0n) is 16.2. The van der Waals surface area contributed by atoms with Crippen LogP contribution < -0.4 is 25.1 Å². The van der Waals surface area contributed by atoms with Crippen LogP contribution in [0.2, 0.25) is 0 Å². The van der Waals surface area contributed by atoms with Crippen molar-refractivity contribution in [1.82, 2.24) is 10.9 Å². The monoisotopic (exact) mass is 450 g/mol. The molecule has 28 heavy (non-hydrogen) atoms. The summed E-state index contributed by atoms with van der Waals surface area (Å²) in [6.07, 6.45) is 0. The van der Waals surface area contributed by atoms with E-state index >= 15 is 0 Å². The van der Waals surface area contributed by atoms with E-state index in [0.717, 1.165) is 10.0 Å². The molecule has 0 aliphatic rings. The van der Waals surface area contributed by atoms with Crippen LogP contribution in [0, 0.1) is 0 Å². The summed E-state index contributed by atoms with van der Waals surface area (Å²) in [6.45, 7) is 3.85. The summed E-state index contributed by atoms with van der Waals surface area (Å²) in [5.41, 5.74) is 5.98. The Morgan fingerprint density at radius 2 is 1.64 bits per heavy atom. The third-order valence-electron chi connectivity index (χ3n) is 3.91. The summed E-state index contributed by atoms with van der Waals surface area (Å²) in [5.74, 6) is 0.820. The first-order valence-electron chi connectivity index (χ1n) is 8.59. The van der Waals surface area contributed by atoms with E-state index in [9.17, 15) is 9.59 Å². The Balaban J connectivity index is 1.92. The third-order valence-corrected chi connectivity index (χ3v) is 4.41. The zero-order chi connectivity index (χ0) is 20.7. The Hall–Kier alpha value is -2.74. The minimum atomic E-state index is -0.485. The molecule has 0 aliphatic carbocycles. The second-order valence-corrected chi connectivity index (χ2v) is 7.11.